The van der Waals surface area contributed by atoms with E-state index in [1.807, 2.05) is 11.0 Å². The smallest absolute Gasteiger partial charge is 0.335 e. The number of hydrogen-bond donors (Lipinski definition) is 1. The van der Waals surface area contributed by atoms with Crippen molar-refractivity contribution >= 4 is 11.9 Å². The summed E-state index contributed by atoms with van der Waals surface area (Å²) >= 11 is 0. The van der Waals surface area contributed by atoms with E-state index < -0.39 is 5.97 Å². The Morgan fingerprint density at radius 2 is 1.95 bits per heavy atom. The zero-order valence-electron chi connectivity index (χ0n) is 12.3. The van der Waals surface area contributed by atoms with E-state index in [4.69, 9.17) is 5.11 Å². The first-order valence-electron chi connectivity index (χ1n) is 6.68. The molecule has 0 bridgehead atoms. The summed E-state index contributed by atoms with van der Waals surface area (Å²) in [5.41, 5.74) is 1.18. The molecule has 1 amide bonds. The molecule has 0 fully saturated rings. The van der Waals surface area contributed by atoms with Crippen LogP contribution in [0.1, 0.15) is 29.3 Å². The average Bonchev–Trinajstić information content (AvgIpc) is 2.39. The highest BCUT2D eigenvalue weighted by molar-refractivity contribution is 5.87. The Morgan fingerprint density at radius 1 is 1.25 bits per heavy atom. The van der Waals surface area contributed by atoms with E-state index in [0.29, 0.717) is 13.1 Å². The fraction of sp³-hybridized carbons (Fsp3) is 0.467. The molecule has 0 aliphatic carbocycles. The number of nitrogens with zero attached hydrogens (tertiary/aromatic N) is 2. The molecule has 0 saturated heterocycles. The summed E-state index contributed by atoms with van der Waals surface area (Å²) < 4.78 is 0. The fourth-order valence-corrected chi connectivity index (χ4v) is 1.92. The maximum absolute atomic E-state index is 11.8. The minimum absolute atomic E-state index is 0.0489. The Morgan fingerprint density at radius 3 is 2.50 bits per heavy atom. The molecular formula is C15H22N2O3. The monoisotopic (exact) mass is 278 g/mol. The van der Waals surface area contributed by atoms with Crippen molar-refractivity contribution in [1.82, 2.24) is 9.80 Å². The second-order valence-corrected chi connectivity index (χ2v) is 5.00. The van der Waals surface area contributed by atoms with Crippen LogP contribution in [-0.2, 0) is 11.3 Å². The number of amides is 1. The number of hydrogen-bond acceptors (Lipinski definition) is 3. The van der Waals surface area contributed by atoms with Gasteiger partial charge in [-0.2, -0.15) is 0 Å². The Labute approximate surface area is 119 Å². The zero-order chi connectivity index (χ0) is 15.1. The summed E-state index contributed by atoms with van der Waals surface area (Å²) in [7, 11) is 3.47. The van der Waals surface area contributed by atoms with Crippen LogP contribution in [0, 0.1) is 0 Å². The van der Waals surface area contributed by atoms with E-state index >= 15 is 0 Å². The minimum atomic E-state index is -0.932. The largest absolute Gasteiger partial charge is 0.478 e. The number of likely N-dealkylation sites (N-methyl/N-ethyl adjacent to an activating group) is 1. The molecule has 0 spiro atoms. The molecule has 0 aliphatic rings. The van der Waals surface area contributed by atoms with Crippen molar-refractivity contribution in [3.8, 4) is 0 Å². The molecule has 20 heavy (non-hydrogen) atoms. The lowest BCUT2D eigenvalue weighted by atomic mass is 10.1. The molecule has 1 rings (SSSR count). The molecule has 1 aromatic rings. The minimum Gasteiger partial charge on any atom is -0.478 e. The molecule has 1 N–H and O–H groups in total. The summed E-state index contributed by atoms with van der Waals surface area (Å²) in [6.07, 6.45) is 0.944. The Balaban J connectivity index is 2.77. The lowest BCUT2D eigenvalue weighted by molar-refractivity contribution is -0.130. The van der Waals surface area contributed by atoms with Crippen LogP contribution in [-0.4, -0.2) is 54.0 Å². The lowest BCUT2D eigenvalue weighted by Crippen LogP contribution is -2.36. The summed E-state index contributed by atoms with van der Waals surface area (Å²) in [6.45, 7) is 3.78. The van der Waals surface area contributed by atoms with Crippen molar-refractivity contribution in [2.75, 3.05) is 27.2 Å². The van der Waals surface area contributed by atoms with Crippen LogP contribution in [0.3, 0.4) is 0 Å². The Bertz CT molecular complexity index is 472. The molecule has 0 atom stereocenters. The predicted molar refractivity (Wildman–Crippen MR) is 77.7 cm³/mol. The first-order valence-corrected chi connectivity index (χ1v) is 6.68. The van der Waals surface area contributed by atoms with Crippen molar-refractivity contribution in [2.24, 2.45) is 0 Å². The van der Waals surface area contributed by atoms with Gasteiger partial charge in [0, 0.05) is 20.6 Å². The summed E-state index contributed by atoms with van der Waals surface area (Å²) in [6, 6.07) is 6.85. The summed E-state index contributed by atoms with van der Waals surface area (Å²) in [5.74, 6) is -0.883. The van der Waals surface area contributed by atoms with Crippen LogP contribution in [0.2, 0.25) is 0 Å². The Hall–Kier alpha value is -1.88. The third-order valence-corrected chi connectivity index (χ3v) is 2.98. The molecule has 0 saturated carbocycles. The molecule has 0 unspecified atom stereocenters. The van der Waals surface area contributed by atoms with Gasteiger partial charge < -0.3 is 10.0 Å². The number of carbonyl (C=O) groups is 2. The maximum atomic E-state index is 11.8. The highest BCUT2D eigenvalue weighted by Gasteiger charge is 2.13. The molecular weight excluding hydrogens is 256 g/mol. The topological polar surface area (TPSA) is 60.9 Å². The quantitative estimate of drug-likeness (QED) is 0.824. The van der Waals surface area contributed by atoms with Gasteiger partial charge in [0.15, 0.2) is 0 Å². The van der Waals surface area contributed by atoms with E-state index in [1.54, 1.807) is 37.2 Å². The lowest BCUT2D eigenvalue weighted by Gasteiger charge is -2.23. The molecule has 0 heterocycles. The van der Waals surface area contributed by atoms with E-state index in [2.05, 4.69) is 6.92 Å². The molecule has 0 aliphatic heterocycles. The van der Waals surface area contributed by atoms with Crippen LogP contribution in [0.25, 0.3) is 0 Å². The third-order valence-electron chi connectivity index (χ3n) is 2.98. The van der Waals surface area contributed by atoms with Gasteiger partial charge in [0.1, 0.15) is 0 Å². The summed E-state index contributed by atoms with van der Waals surface area (Å²) in [4.78, 5) is 26.3. The van der Waals surface area contributed by atoms with Crippen molar-refractivity contribution < 1.29 is 14.7 Å². The van der Waals surface area contributed by atoms with Gasteiger partial charge in [-0.1, -0.05) is 19.1 Å². The van der Waals surface area contributed by atoms with Gasteiger partial charge in [0.25, 0.3) is 0 Å². The number of carboxylic acid groups (broad SMARTS) is 1. The molecule has 0 radical (unpaired) electrons. The van der Waals surface area contributed by atoms with Gasteiger partial charge >= 0.3 is 5.97 Å². The normalized spacial score (nSPS) is 10.6. The van der Waals surface area contributed by atoms with Crippen LogP contribution in [0.15, 0.2) is 24.3 Å². The number of aromatic carboxylic acids is 1. The molecule has 110 valence electrons. The first-order chi connectivity index (χ1) is 9.43. The molecule has 5 nitrogen and oxygen atoms in total. The highest BCUT2D eigenvalue weighted by atomic mass is 16.4. The van der Waals surface area contributed by atoms with Gasteiger partial charge in [-0.25, -0.2) is 4.79 Å². The molecule has 0 aromatic heterocycles. The molecule has 5 heteroatoms. The summed E-state index contributed by atoms with van der Waals surface area (Å²) in [5, 5.41) is 8.99. The van der Waals surface area contributed by atoms with Crippen LogP contribution in [0.5, 0.6) is 0 Å². The van der Waals surface area contributed by atoms with Crippen molar-refractivity contribution in [1.29, 1.82) is 0 Å². The van der Waals surface area contributed by atoms with Gasteiger partial charge in [-0.05, 0) is 30.7 Å². The maximum Gasteiger partial charge on any atom is 0.335 e. The van der Waals surface area contributed by atoms with Crippen molar-refractivity contribution in [3.05, 3.63) is 35.4 Å². The average molecular weight is 278 g/mol. The fourth-order valence-electron chi connectivity index (χ4n) is 1.92. The second-order valence-electron chi connectivity index (χ2n) is 5.00. The predicted octanol–water partition coefficient (Wildman–Crippen LogP) is 1.68. The SMILES string of the molecule is CCCN(CC(=O)N(C)C)Cc1cccc(C(=O)O)c1. The van der Waals surface area contributed by atoms with E-state index in [-0.39, 0.29) is 11.5 Å². The number of carboxylic acids is 1. The van der Waals surface area contributed by atoms with Crippen LogP contribution in [0.4, 0.5) is 0 Å². The third kappa shape index (κ3) is 5.01. The van der Waals surface area contributed by atoms with Crippen molar-refractivity contribution in [3.63, 3.8) is 0 Å². The van der Waals surface area contributed by atoms with E-state index in [1.165, 1.54) is 0 Å². The van der Waals surface area contributed by atoms with E-state index in [9.17, 15) is 9.59 Å². The highest BCUT2D eigenvalue weighted by Crippen LogP contribution is 2.09. The number of benzene rings is 1. The van der Waals surface area contributed by atoms with Gasteiger partial charge in [-0.3, -0.25) is 9.69 Å². The van der Waals surface area contributed by atoms with Gasteiger partial charge in [0.05, 0.1) is 12.1 Å². The van der Waals surface area contributed by atoms with E-state index in [0.717, 1.165) is 18.5 Å². The molecule has 1 aromatic carbocycles. The Kier molecular flexibility index (Phi) is 6.18. The van der Waals surface area contributed by atoms with Gasteiger partial charge in [0.2, 0.25) is 5.91 Å². The van der Waals surface area contributed by atoms with Gasteiger partial charge in [-0.15, -0.1) is 0 Å². The first kappa shape index (κ1) is 16.2. The van der Waals surface area contributed by atoms with Crippen LogP contribution >= 0.6 is 0 Å². The standard InChI is InChI=1S/C15H22N2O3/c1-4-8-17(11-14(18)16(2)3)10-12-6-5-7-13(9-12)15(19)20/h5-7,9H,4,8,10-11H2,1-3H3,(H,19,20). The van der Waals surface area contributed by atoms with Crippen molar-refractivity contribution in [2.45, 2.75) is 19.9 Å². The second kappa shape index (κ2) is 7.65. The number of rotatable bonds is 7. The zero-order valence-corrected chi connectivity index (χ0v) is 12.3. The van der Waals surface area contributed by atoms with Crippen LogP contribution < -0.4 is 0 Å². The number of carbonyl (C=O) groups excluding carboxylic acids is 1.